The number of thiophene rings is 2. The molecule has 1 amide bonds. The van der Waals surface area contributed by atoms with Crippen LogP contribution in [-0.4, -0.2) is 71.2 Å². The second-order valence-corrected chi connectivity index (χ2v) is 10.4. The number of hydrogen-bond donors (Lipinski definition) is 0. The van der Waals surface area contributed by atoms with Crippen LogP contribution in [0.1, 0.15) is 19.3 Å². The third kappa shape index (κ3) is 4.66. The van der Waals surface area contributed by atoms with Crippen molar-refractivity contribution in [2.75, 3.05) is 45.9 Å². The highest BCUT2D eigenvalue weighted by atomic mass is 32.1. The van der Waals surface area contributed by atoms with Crippen molar-refractivity contribution in [3.63, 3.8) is 0 Å². The molecule has 0 radical (unpaired) electrons. The number of ether oxygens (including phenoxy) is 1. The standard InChI is InChI=1S/C23H28N4O3S2/c28-20(26-7-4-17(5-8-26)3-6-25-9-11-30-12-10-25)14-27-16-24-22-21(23(27)29)18(15-32-22)19-2-1-13-31-19/h1-2,13,15-17H,3-12,14H2. The molecule has 3 aromatic rings. The molecule has 0 atom stereocenters. The molecule has 5 heterocycles. The number of aromatic nitrogens is 2. The third-order valence-electron chi connectivity index (χ3n) is 6.58. The Bertz CT molecular complexity index is 1110. The number of carbonyl (C=O) groups excluding carboxylic acids is 1. The molecule has 3 aromatic heterocycles. The normalized spacial score (nSPS) is 18.4. The van der Waals surface area contributed by atoms with Crippen molar-refractivity contribution in [1.82, 2.24) is 19.4 Å². The SMILES string of the molecule is O=C(Cn1cnc2scc(-c3cccs3)c2c1=O)N1CCC(CCN2CCOCC2)CC1. The number of fused-ring (bicyclic) bond motifs is 1. The summed E-state index contributed by atoms with van der Waals surface area (Å²) >= 11 is 3.08. The molecule has 9 heteroatoms. The van der Waals surface area contributed by atoms with Gasteiger partial charge in [-0.3, -0.25) is 19.1 Å². The molecule has 2 saturated heterocycles. The quantitative estimate of drug-likeness (QED) is 0.551. The van der Waals surface area contributed by atoms with Crippen molar-refractivity contribution in [3.05, 3.63) is 39.6 Å². The molecule has 0 bridgehead atoms. The van der Waals surface area contributed by atoms with Gasteiger partial charge in [0.2, 0.25) is 5.91 Å². The number of carbonyl (C=O) groups is 1. The van der Waals surface area contributed by atoms with Gasteiger partial charge in [0.25, 0.3) is 5.56 Å². The highest BCUT2D eigenvalue weighted by Crippen LogP contribution is 2.33. The van der Waals surface area contributed by atoms with Gasteiger partial charge in [-0.05, 0) is 43.2 Å². The molecule has 170 valence electrons. The lowest BCUT2D eigenvalue weighted by atomic mass is 9.93. The van der Waals surface area contributed by atoms with E-state index in [-0.39, 0.29) is 18.0 Å². The summed E-state index contributed by atoms with van der Waals surface area (Å²) in [4.78, 5) is 36.7. The van der Waals surface area contributed by atoms with Gasteiger partial charge in [0.1, 0.15) is 11.4 Å². The zero-order chi connectivity index (χ0) is 21.9. The Balaban J connectivity index is 1.20. The van der Waals surface area contributed by atoms with Gasteiger partial charge in [-0.15, -0.1) is 22.7 Å². The van der Waals surface area contributed by atoms with Crippen LogP contribution in [0.5, 0.6) is 0 Å². The summed E-state index contributed by atoms with van der Waals surface area (Å²) in [6, 6.07) is 3.99. The molecule has 0 saturated carbocycles. The van der Waals surface area contributed by atoms with Gasteiger partial charge in [-0.25, -0.2) is 4.98 Å². The monoisotopic (exact) mass is 472 g/mol. The fourth-order valence-electron chi connectivity index (χ4n) is 4.60. The topological polar surface area (TPSA) is 67.7 Å². The molecular formula is C23H28N4O3S2. The Labute approximate surface area is 195 Å². The summed E-state index contributed by atoms with van der Waals surface area (Å²) in [6.45, 7) is 6.47. The number of nitrogens with zero attached hydrogens (tertiary/aromatic N) is 4. The van der Waals surface area contributed by atoms with E-state index in [0.29, 0.717) is 11.3 Å². The molecule has 7 nitrogen and oxygen atoms in total. The number of morpholine rings is 1. The second-order valence-electron chi connectivity index (χ2n) is 8.55. The fraction of sp³-hybridized carbons (Fsp3) is 0.522. The number of rotatable bonds is 6. The summed E-state index contributed by atoms with van der Waals surface area (Å²) in [5.74, 6) is 0.676. The smallest absolute Gasteiger partial charge is 0.263 e. The first-order chi connectivity index (χ1) is 15.7. The average Bonchev–Trinajstić information content (AvgIpc) is 3.51. The van der Waals surface area contributed by atoms with E-state index in [1.54, 1.807) is 11.3 Å². The van der Waals surface area contributed by atoms with Crippen molar-refractivity contribution in [3.8, 4) is 10.4 Å². The van der Waals surface area contributed by atoms with Crippen LogP contribution in [0.25, 0.3) is 20.7 Å². The fourth-order valence-corrected chi connectivity index (χ4v) is 6.32. The van der Waals surface area contributed by atoms with E-state index in [4.69, 9.17) is 4.74 Å². The second kappa shape index (κ2) is 9.82. The van der Waals surface area contributed by atoms with Crippen molar-refractivity contribution < 1.29 is 9.53 Å². The minimum atomic E-state index is -0.131. The maximum Gasteiger partial charge on any atom is 0.263 e. The lowest BCUT2D eigenvalue weighted by Gasteiger charge is -2.34. The first kappa shape index (κ1) is 21.8. The van der Waals surface area contributed by atoms with E-state index in [2.05, 4.69) is 9.88 Å². The van der Waals surface area contributed by atoms with Crippen molar-refractivity contribution >= 4 is 38.8 Å². The predicted octanol–water partition coefficient (Wildman–Crippen LogP) is 3.15. The lowest BCUT2D eigenvalue weighted by Crippen LogP contribution is -2.42. The molecule has 0 aliphatic carbocycles. The molecule has 0 unspecified atom stereocenters. The first-order valence-corrected chi connectivity index (χ1v) is 13.0. The Hall–Kier alpha value is -2.07. The van der Waals surface area contributed by atoms with Crippen LogP contribution >= 0.6 is 22.7 Å². The number of likely N-dealkylation sites (tertiary alicyclic amines) is 1. The minimum absolute atomic E-state index is 0.00721. The summed E-state index contributed by atoms with van der Waals surface area (Å²) < 4.78 is 6.89. The first-order valence-electron chi connectivity index (χ1n) is 11.3. The van der Waals surface area contributed by atoms with E-state index in [1.165, 1.54) is 28.7 Å². The van der Waals surface area contributed by atoms with Crippen LogP contribution < -0.4 is 5.56 Å². The predicted molar refractivity (Wildman–Crippen MR) is 128 cm³/mol. The minimum Gasteiger partial charge on any atom is -0.379 e. The van der Waals surface area contributed by atoms with Crippen molar-refractivity contribution in [1.29, 1.82) is 0 Å². The molecule has 2 fully saturated rings. The maximum atomic E-state index is 13.2. The lowest BCUT2D eigenvalue weighted by molar-refractivity contribution is -0.133. The molecule has 0 spiro atoms. The van der Waals surface area contributed by atoms with Gasteiger partial charge < -0.3 is 9.64 Å². The summed E-state index contributed by atoms with van der Waals surface area (Å²) in [6.07, 6.45) is 4.78. The third-order valence-corrected chi connectivity index (χ3v) is 8.37. The largest absolute Gasteiger partial charge is 0.379 e. The zero-order valence-electron chi connectivity index (χ0n) is 18.1. The molecule has 0 N–H and O–H groups in total. The Morgan fingerprint density at radius 3 is 2.72 bits per heavy atom. The van der Waals surface area contributed by atoms with Gasteiger partial charge in [0, 0.05) is 42.0 Å². The molecule has 5 rings (SSSR count). The van der Waals surface area contributed by atoms with Gasteiger partial charge in [-0.2, -0.15) is 0 Å². The van der Waals surface area contributed by atoms with Crippen LogP contribution in [0.15, 0.2) is 34.0 Å². The maximum absolute atomic E-state index is 13.2. The van der Waals surface area contributed by atoms with Gasteiger partial charge >= 0.3 is 0 Å². The van der Waals surface area contributed by atoms with Gasteiger partial charge in [0.05, 0.1) is 24.9 Å². The van der Waals surface area contributed by atoms with Crippen LogP contribution in [-0.2, 0) is 16.1 Å². The van der Waals surface area contributed by atoms with Gasteiger partial charge in [0.15, 0.2) is 0 Å². The number of piperidine rings is 1. The van der Waals surface area contributed by atoms with E-state index in [0.717, 1.165) is 74.1 Å². The Morgan fingerprint density at radius 2 is 1.97 bits per heavy atom. The van der Waals surface area contributed by atoms with Crippen LogP contribution in [0.2, 0.25) is 0 Å². The number of hydrogen-bond acceptors (Lipinski definition) is 7. The van der Waals surface area contributed by atoms with Gasteiger partial charge in [-0.1, -0.05) is 6.07 Å². The highest BCUT2D eigenvalue weighted by molar-refractivity contribution is 7.18. The summed E-state index contributed by atoms with van der Waals surface area (Å²) in [5.41, 5.74) is 0.786. The van der Waals surface area contributed by atoms with Crippen molar-refractivity contribution in [2.24, 2.45) is 5.92 Å². The zero-order valence-corrected chi connectivity index (χ0v) is 19.7. The molecular weight excluding hydrogens is 444 g/mol. The highest BCUT2D eigenvalue weighted by Gasteiger charge is 2.24. The molecule has 2 aliphatic heterocycles. The summed E-state index contributed by atoms with van der Waals surface area (Å²) in [7, 11) is 0. The van der Waals surface area contributed by atoms with E-state index < -0.39 is 0 Å². The van der Waals surface area contributed by atoms with E-state index in [9.17, 15) is 9.59 Å². The molecule has 32 heavy (non-hydrogen) atoms. The van der Waals surface area contributed by atoms with Crippen LogP contribution in [0.3, 0.4) is 0 Å². The summed E-state index contributed by atoms with van der Waals surface area (Å²) in [5, 5.41) is 4.61. The van der Waals surface area contributed by atoms with Crippen molar-refractivity contribution in [2.45, 2.75) is 25.8 Å². The van der Waals surface area contributed by atoms with E-state index >= 15 is 0 Å². The number of amides is 1. The Kier molecular flexibility index (Phi) is 6.68. The molecule has 2 aliphatic rings. The Morgan fingerprint density at radius 1 is 1.16 bits per heavy atom. The van der Waals surface area contributed by atoms with Crippen LogP contribution in [0, 0.1) is 5.92 Å². The van der Waals surface area contributed by atoms with E-state index in [1.807, 2.05) is 27.8 Å². The van der Waals surface area contributed by atoms with Crippen LogP contribution in [0.4, 0.5) is 0 Å². The molecule has 0 aromatic carbocycles. The average molecular weight is 473 g/mol.